The Morgan fingerprint density at radius 1 is 1.35 bits per heavy atom. The van der Waals surface area contributed by atoms with Gasteiger partial charge in [0.05, 0.1) is 12.5 Å². The van der Waals surface area contributed by atoms with E-state index in [-0.39, 0.29) is 5.91 Å². The fourth-order valence-electron chi connectivity index (χ4n) is 1.54. The summed E-state index contributed by atoms with van der Waals surface area (Å²) < 4.78 is 0. The smallest absolute Gasteiger partial charge is 0.253 e. The number of carbonyl (C=O) groups excluding carboxylic acids is 1. The van der Waals surface area contributed by atoms with Crippen molar-refractivity contribution in [2.24, 2.45) is 0 Å². The van der Waals surface area contributed by atoms with Crippen molar-refractivity contribution in [2.75, 3.05) is 13.1 Å². The topological polar surface area (TPSA) is 44.1 Å². The summed E-state index contributed by atoms with van der Waals surface area (Å²) in [5.41, 5.74) is 0.612. The fourth-order valence-corrected chi connectivity index (χ4v) is 1.67. The summed E-state index contributed by atoms with van der Waals surface area (Å²) in [6.45, 7) is 3.16. The molecular formula is C13H15ClN2O. The molecule has 0 aliphatic rings. The molecule has 0 N–H and O–H groups in total. The average molecular weight is 251 g/mol. The SMILES string of the molecule is CCCN(CCC#N)C(=O)c1ccc(Cl)cc1. The predicted molar refractivity (Wildman–Crippen MR) is 67.9 cm³/mol. The summed E-state index contributed by atoms with van der Waals surface area (Å²) in [6, 6.07) is 8.87. The Morgan fingerprint density at radius 2 is 2.00 bits per heavy atom. The number of hydrogen-bond donors (Lipinski definition) is 0. The number of hydrogen-bond acceptors (Lipinski definition) is 2. The van der Waals surface area contributed by atoms with Gasteiger partial charge in [0.15, 0.2) is 0 Å². The molecule has 0 bridgehead atoms. The van der Waals surface area contributed by atoms with Gasteiger partial charge in [-0.3, -0.25) is 4.79 Å². The highest BCUT2D eigenvalue weighted by molar-refractivity contribution is 6.30. The molecule has 0 radical (unpaired) electrons. The van der Waals surface area contributed by atoms with Crippen LogP contribution in [0.25, 0.3) is 0 Å². The Labute approximate surface area is 107 Å². The van der Waals surface area contributed by atoms with Crippen LogP contribution in [0.5, 0.6) is 0 Å². The highest BCUT2D eigenvalue weighted by Gasteiger charge is 2.14. The number of rotatable bonds is 5. The number of nitriles is 1. The molecule has 0 atom stereocenters. The fraction of sp³-hybridized carbons (Fsp3) is 0.385. The zero-order valence-electron chi connectivity index (χ0n) is 9.82. The van der Waals surface area contributed by atoms with E-state index in [0.29, 0.717) is 30.1 Å². The lowest BCUT2D eigenvalue weighted by Crippen LogP contribution is -2.32. The van der Waals surface area contributed by atoms with Gasteiger partial charge >= 0.3 is 0 Å². The zero-order valence-corrected chi connectivity index (χ0v) is 10.6. The van der Waals surface area contributed by atoms with E-state index in [2.05, 4.69) is 6.07 Å². The molecule has 1 amide bonds. The molecule has 0 aliphatic carbocycles. The van der Waals surface area contributed by atoms with Crippen molar-refractivity contribution in [3.8, 4) is 6.07 Å². The molecule has 4 heteroatoms. The Kier molecular flexibility index (Phi) is 5.51. The first-order valence-corrected chi connectivity index (χ1v) is 5.98. The van der Waals surface area contributed by atoms with Gasteiger partial charge in [-0.05, 0) is 30.7 Å². The molecule has 3 nitrogen and oxygen atoms in total. The standard InChI is InChI=1S/C13H15ClN2O/c1-2-9-16(10-3-8-15)13(17)11-4-6-12(14)7-5-11/h4-7H,2-3,9-10H2,1H3. The molecule has 0 heterocycles. The van der Waals surface area contributed by atoms with Crippen molar-refractivity contribution >= 4 is 17.5 Å². The van der Waals surface area contributed by atoms with Gasteiger partial charge in [-0.25, -0.2) is 0 Å². The monoisotopic (exact) mass is 250 g/mol. The van der Waals surface area contributed by atoms with Crippen molar-refractivity contribution < 1.29 is 4.79 Å². The van der Waals surface area contributed by atoms with Crippen LogP contribution in [0.15, 0.2) is 24.3 Å². The third-order valence-electron chi connectivity index (χ3n) is 2.37. The predicted octanol–water partition coefficient (Wildman–Crippen LogP) is 3.11. The summed E-state index contributed by atoms with van der Waals surface area (Å²) in [7, 11) is 0. The summed E-state index contributed by atoms with van der Waals surface area (Å²) in [4.78, 5) is 13.8. The third-order valence-corrected chi connectivity index (χ3v) is 2.62. The summed E-state index contributed by atoms with van der Waals surface area (Å²) in [6.07, 6.45) is 1.24. The minimum atomic E-state index is -0.0428. The molecule has 0 saturated heterocycles. The highest BCUT2D eigenvalue weighted by Crippen LogP contribution is 2.12. The number of carbonyl (C=O) groups is 1. The summed E-state index contributed by atoms with van der Waals surface area (Å²) in [5.74, 6) is -0.0428. The van der Waals surface area contributed by atoms with Crippen molar-refractivity contribution in [3.63, 3.8) is 0 Å². The molecular weight excluding hydrogens is 236 g/mol. The number of halogens is 1. The molecule has 17 heavy (non-hydrogen) atoms. The highest BCUT2D eigenvalue weighted by atomic mass is 35.5. The molecule has 90 valence electrons. The van der Waals surface area contributed by atoms with E-state index in [1.54, 1.807) is 29.2 Å². The van der Waals surface area contributed by atoms with Crippen molar-refractivity contribution in [2.45, 2.75) is 19.8 Å². The van der Waals surface area contributed by atoms with Crippen molar-refractivity contribution in [1.82, 2.24) is 4.90 Å². The number of benzene rings is 1. The molecule has 0 spiro atoms. The molecule has 0 unspecified atom stereocenters. The Bertz CT molecular complexity index is 408. The van der Waals surface area contributed by atoms with Crippen LogP contribution in [0.1, 0.15) is 30.1 Å². The molecule has 1 aromatic carbocycles. The van der Waals surface area contributed by atoms with Crippen LogP contribution in [0.3, 0.4) is 0 Å². The van der Waals surface area contributed by atoms with E-state index in [0.717, 1.165) is 6.42 Å². The maximum absolute atomic E-state index is 12.1. The van der Waals surface area contributed by atoms with E-state index < -0.39 is 0 Å². The maximum Gasteiger partial charge on any atom is 0.253 e. The molecule has 0 aromatic heterocycles. The van der Waals surface area contributed by atoms with Gasteiger partial charge in [0.1, 0.15) is 0 Å². The van der Waals surface area contributed by atoms with Crippen LogP contribution in [0, 0.1) is 11.3 Å². The second kappa shape index (κ2) is 6.93. The molecule has 1 aromatic rings. The van der Waals surface area contributed by atoms with E-state index >= 15 is 0 Å². The first kappa shape index (κ1) is 13.5. The van der Waals surface area contributed by atoms with Gasteiger partial charge in [0.2, 0.25) is 0 Å². The van der Waals surface area contributed by atoms with E-state index in [9.17, 15) is 4.79 Å². The largest absolute Gasteiger partial charge is 0.338 e. The average Bonchev–Trinajstić information content (AvgIpc) is 2.34. The van der Waals surface area contributed by atoms with Gasteiger partial charge in [-0.2, -0.15) is 5.26 Å². The zero-order chi connectivity index (χ0) is 12.7. The van der Waals surface area contributed by atoms with E-state index in [1.807, 2.05) is 6.92 Å². The quantitative estimate of drug-likeness (QED) is 0.806. The maximum atomic E-state index is 12.1. The van der Waals surface area contributed by atoms with Gasteiger partial charge in [-0.1, -0.05) is 18.5 Å². The summed E-state index contributed by atoms with van der Waals surface area (Å²) >= 11 is 5.77. The second-order valence-electron chi connectivity index (χ2n) is 3.71. The lowest BCUT2D eigenvalue weighted by Gasteiger charge is -2.20. The van der Waals surface area contributed by atoms with Gasteiger partial charge in [0, 0.05) is 23.7 Å². The van der Waals surface area contributed by atoms with Crippen LogP contribution in [0.4, 0.5) is 0 Å². The van der Waals surface area contributed by atoms with Gasteiger partial charge < -0.3 is 4.90 Å². The number of amides is 1. The molecule has 0 saturated carbocycles. The van der Waals surface area contributed by atoms with Crippen LogP contribution < -0.4 is 0 Å². The van der Waals surface area contributed by atoms with Crippen molar-refractivity contribution in [3.05, 3.63) is 34.9 Å². The van der Waals surface area contributed by atoms with Crippen LogP contribution in [-0.2, 0) is 0 Å². The Balaban J connectivity index is 2.76. The Morgan fingerprint density at radius 3 is 2.53 bits per heavy atom. The lowest BCUT2D eigenvalue weighted by atomic mass is 10.2. The lowest BCUT2D eigenvalue weighted by molar-refractivity contribution is 0.0759. The van der Waals surface area contributed by atoms with Crippen molar-refractivity contribution in [1.29, 1.82) is 5.26 Å². The normalized spacial score (nSPS) is 9.71. The Hall–Kier alpha value is -1.53. The first-order chi connectivity index (χ1) is 8.19. The van der Waals surface area contributed by atoms with Crippen LogP contribution >= 0.6 is 11.6 Å². The van der Waals surface area contributed by atoms with E-state index in [4.69, 9.17) is 16.9 Å². The second-order valence-corrected chi connectivity index (χ2v) is 4.14. The molecule has 0 aliphatic heterocycles. The molecule has 0 fully saturated rings. The first-order valence-electron chi connectivity index (χ1n) is 5.60. The molecule has 1 rings (SSSR count). The van der Waals surface area contributed by atoms with Crippen LogP contribution in [0.2, 0.25) is 5.02 Å². The van der Waals surface area contributed by atoms with Gasteiger partial charge in [0.25, 0.3) is 5.91 Å². The minimum absolute atomic E-state index is 0.0428. The number of nitrogens with zero attached hydrogens (tertiary/aromatic N) is 2. The van der Waals surface area contributed by atoms with Gasteiger partial charge in [-0.15, -0.1) is 0 Å². The third kappa shape index (κ3) is 4.08. The summed E-state index contributed by atoms with van der Waals surface area (Å²) in [5, 5.41) is 9.18. The van der Waals surface area contributed by atoms with E-state index in [1.165, 1.54) is 0 Å². The van der Waals surface area contributed by atoms with Crippen LogP contribution in [-0.4, -0.2) is 23.9 Å². The minimum Gasteiger partial charge on any atom is -0.338 e.